The first-order chi connectivity index (χ1) is 15.0. The zero-order valence-electron chi connectivity index (χ0n) is 16.5. The Hall–Kier alpha value is -4.17. The molecule has 3 N–H and O–H groups in total. The van der Waals surface area contributed by atoms with Crippen molar-refractivity contribution >= 4 is 28.7 Å². The molecule has 1 aliphatic rings. The highest BCUT2D eigenvalue weighted by atomic mass is 16.6. The third kappa shape index (κ3) is 2.84. The number of rotatable bonds is 3. The second-order valence-corrected chi connectivity index (χ2v) is 7.11. The molecule has 0 saturated carbocycles. The normalized spacial score (nSPS) is 17.6. The number of nitrogens with one attached hydrogen (secondary N) is 2. The molecular formula is C23H18N4O4. The van der Waals surface area contributed by atoms with E-state index in [1.165, 1.54) is 11.9 Å². The summed E-state index contributed by atoms with van der Waals surface area (Å²) in [5, 5.41) is 14.4. The van der Waals surface area contributed by atoms with Gasteiger partial charge in [0.05, 0.1) is 11.0 Å². The minimum Gasteiger partial charge on any atom is -0.375 e. The Balaban J connectivity index is 1.67. The van der Waals surface area contributed by atoms with Gasteiger partial charge in [0.15, 0.2) is 5.72 Å². The summed E-state index contributed by atoms with van der Waals surface area (Å²) in [5.74, 6) is -0.294. The third-order valence-electron chi connectivity index (χ3n) is 5.33. The van der Waals surface area contributed by atoms with Gasteiger partial charge in [-0.1, -0.05) is 42.5 Å². The van der Waals surface area contributed by atoms with Gasteiger partial charge < -0.3 is 20.1 Å². The largest absolute Gasteiger partial charge is 0.414 e. The molecule has 0 aliphatic carbocycles. The molecule has 1 atom stereocenters. The van der Waals surface area contributed by atoms with Gasteiger partial charge in [-0.2, -0.15) is 4.98 Å². The number of hydrogen-bond acceptors (Lipinski definition) is 5. The van der Waals surface area contributed by atoms with Crippen LogP contribution in [0.4, 0.5) is 10.5 Å². The van der Waals surface area contributed by atoms with Crippen LogP contribution in [0.25, 0.3) is 11.0 Å². The number of para-hydroxylation sites is 1. The van der Waals surface area contributed by atoms with Crippen molar-refractivity contribution < 1.29 is 19.4 Å². The average molecular weight is 414 g/mol. The van der Waals surface area contributed by atoms with Crippen LogP contribution in [0.3, 0.4) is 0 Å². The number of amides is 2. The zero-order chi connectivity index (χ0) is 21.6. The van der Waals surface area contributed by atoms with Gasteiger partial charge in [-0.3, -0.25) is 9.69 Å². The van der Waals surface area contributed by atoms with E-state index in [4.69, 9.17) is 4.74 Å². The van der Waals surface area contributed by atoms with E-state index in [0.717, 1.165) is 0 Å². The van der Waals surface area contributed by atoms with E-state index in [0.29, 0.717) is 33.4 Å². The number of hydrogen-bond donors (Lipinski definition) is 3. The molecule has 1 aliphatic heterocycles. The van der Waals surface area contributed by atoms with Crippen molar-refractivity contribution in [1.29, 1.82) is 0 Å². The van der Waals surface area contributed by atoms with E-state index in [1.54, 1.807) is 54.6 Å². The fourth-order valence-corrected chi connectivity index (χ4v) is 3.92. The van der Waals surface area contributed by atoms with Crippen LogP contribution in [0.5, 0.6) is 6.01 Å². The summed E-state index contributed by atoms with van der Waals surface area (Å²) in [6.45, 7) is 0. The van der Waals surface area contributed by atoms with Crippen LogP contribution in [0.2, 0.25) is 0 Å². The molecule has 5 rings (SSSR count). The summed E-state index contributed by atoms with van der Waals surface area (Å²) >= 11 is 0. The fourth-order valence-electron chi connectivity index (χ4n) is 3.92. The maximum absolute atomic E-state index is 13.3. The highest BCUT2D eigenvalue weighted by Crippen LogP contribution is 2.45. The molecule has 8 nitrogen and oxygen atoms in total. The molecule has 154 valence electrons. The Morgan fingerprint density at radius 2 is 1.84 bits per heavy atom. The van der Waals surface area contributed by atoms with Crippen molar-refractivity contribution in [2.24, 2.45) is 0 Å². The molecule has 2 amide bonds. The molecule has 2 heterocycles. The second-order valence-electron chi connectivity index (χ2n) is 7.11. The van der Waals surface area contributed by atoms with Gasteiger partial charge in [0, 0.05) is 29.4 Å². The van der Waals surface area contributed by atoms with Gasteiger partial charge >= 0.3 is 12.1 Å². The first-order valence-corrected chi connectivity index (χ1v) is 9.63. The van der Waals surface area contributed by atoms with Crippen LogP contribution >= 0.6 is 0 Å². The summed E-state index contributed by atoms with van der Waals surface area (Å²) in [4.78, 5) is 33.3. The number of benzene rings is 3. The van der Waals surface area contributed by atoms with Crippen LogP contribution in [-0.2, 0) is 5.72 Å². The maximum atomic E-state index is 13.3. The van der Waals surface area contributed by atoms with E-state index in [1.807, 2.05) is 18.2 Å². The highest BCUT2D eigenvalue weighted by molar-refractivity contribution is 6.12. The molecule has 1 aromatic heterocycles. The van der Waals surface area contributed by atoms with Crippen LogP contribution in [0, 0.1) is 0 Å². The minimum atomic E-state index is -1.73. The predicted octanol–water partition coefficient (Wildman–Crippen LogP) is 3.13. The second kappa shape index (κ2) is 6.96. The molecule has 3 aromatic carbocycles. The van der Waals surface area contributed by atoms with E-state index in [2.05, 4.69) is 15.3 Å². The standard InChI is InChI=1S/C23H18N4O4/c1-24-22(29)31-21-25-18-12-11-14(13-19(18)26-21)23(30)17-10-6-5-9-16(17)20(28)27(23)15-7-3-2-4-8-15/h2-13,30H,1H3,(H,24,29)(H,25,26). The number of carbonyl (C=O) groups excluding carboxylic acids is 2. The van der Waals surface area contributed by atoms with Crippen molar-refractivity contribution in [1.82, 2.24) is 15.3 Å². The Morgan fingerprint density at radius 3 is 2.61 bits per heavy atom. The molecule has 0 spiro atoms. The van der Waals surface area contributed by atoms with Gasteiger partial charge in [-0.05, 0) is 30.3 Å². The smallest absolute Gasteiger partial charge is 0.375 e. The van der Waals surface area contributed by atoms with Gasteiger partial charge in [0.1, 0.15) is 0 Å². The van der Waals surface area contributed by atoms with Crippen molar-refractivity contribution in [3.63, 3.8) is 0 Å². The summed E-state index contributed by atoms with van der Waals surface area (Å²) in [6.07, 6.45) is -0.650. The number of carbonyl (C=O) groups is 2. The number of aromatic nitrogens is 2. The molecule has 1 unspecified atom stereocenters. The molecule has 0 saturated heterocycles. The monoisotopic (exact) mass is 414 g/mol. The maximum Gasteiger partial charge on any atom is 0.414 e. The lowest BCUT2D eigenvalue weighted by Crippen LogP contribution is -2.45. The average Bonchev–Trinajstić information content (AvgIpc) is 3.30. The van der Waals surface area contributed by atoms with E-state index >= 15 is 0 Å². The van der Waals surface area contributed by atoms with Gasteiger partial charge in [0.2, 0.25) is 0 Å². The summed E-state index contributed by atoms with van der Waals surface area (Å²) in [7, 11) is 1.45. The summed E-state index contributed by atoms with van der Waals surface area (Å²) in [5.41, 5.74) is 1.34. The van der Waals surface area contributed by atoms with E-state index in [9.17, 15) is 14.7 Å². The molecule has 8 heteroatoms. The van der Waals surface area contributed by atoms with Crippen LogP contribution < -0.4 is 15.0 Å². The highest BCUT2D eigenvalue weighted by Gasteiger charge is 2.50. The Bertz CT molecular complexity index is 1320. The molecular weight excluding hydrogens is 396 g/mol. The van der Waals surface area contributed by atoms with Gasteiger partial charge in [0.25, 0.3) is 5.91 Å². The van der Waals surface area contributed by atoms with Gasteiger partial charge in [-0.15, -0.1) is 0 Å². The lowest BCUT2D eigenvalue weighted by atomic mass is 9.93. The third-order valence-corrected chi connectivity index (χ3v) is 5.33. The first-order valence-electron chi connectivity index (χ1n) is 9.63. The number of H-pyrrole nitrogens is 1. The Kier molecular flexibility index (Phi) is 4.23. The topological polar surface area (TPSA) is 108 Å². The van der Waals surface area contributed by atoms with Crippen molar-refractivity contribution in [3.8, 4) is 6.01 Å². The number of nitrogens with zero attached hydrogens (tertiary/aromatic N) is 2. The van der Waals surface area contributed by atoms with Crippen LogP contribution in [0.1, 0.15) is 21.5 Å². The lowest BCUT2D eigenvalue weighted by molar-refractivity contribution is 0.0704. The molecule has 0 fully saturated rings. The van der Waals surface area contributed by atoms with Gasteiger partial charge in [-0.25, -0.2) is 4.79 Å². The first kappa shape index (κ1) is 18.8. The van der Waals surface area contributed by atoms with Crippen molar-refractivity contribution in [2.45, 2.75) is 5.72 Å². The fraction of sp³-hybridized carbons (Fsp3) is 0.0870. The minimum absolute atomic E-state index is 0.0290. The quantitative estimate of drug-likeness (QED) is 0.477. The number of aliphatic hydroxyl groups is 1. The van der Waals surface area contributed by atoms with E-state index in [-0.39, 0.29) is 11.9 Å². The summed E-state index contributed by atoms with van der Waals surface area (Å²) < 4.78 is 5.06. The number of aromatic amines is 1. The van der Waals surface area contributed by atoms with Crippen molar-refractivity contribution in [2.75, 3.05) is 11.9 Å². The molecule has 31 heavy (non-hydrogen) atoms. The number of imidazole rings is 1. The predicted molar refractivity (Wildman–Crippen MR) is 114 cm³/mol. The molecule has 0 bridgehead atoms. The summed E-state index contributed by atoms with van der Waals surface area (Å²) in [6, 6.07) is 21.2. The van der Waals surface area contributed by atoms with Crippen LogP contribution in [0.15, 0.2) is 72.8 Å². The Labute approximate surface area is 177 Å². The van der Waals surface area contributed by atoms with Crippen molar-refractivity contribution in [3.05, 3.63) is 89.5 Å². The Morgan fingerprint density at radius 1 is 1.10 bits per heavy atom. The van der Waals surface area contributed by atoms with Crippen LogP contribution in [-0.4, -0.2) is 34.1 Å². The number of anilines is 1. The molecule has 0 radical (unpaired) electrons. The lowest BCUT2D eigenvalue weighted by Gasteiger charge is -2.34. The zero-order valence-corrected chi connectivity index (χ0v) is 16.5. The number of fused-ring (bicyclic) bond motifs is 2. The SMILES string of the molecule is CNC(=O)Oc1nc2ccc(C3(O)c4ccccc4C(=O)N3c3ccccc3)cc2[nH]1. The number of ether oxygens (including phenoxy) is 1. The molecule has 4 aromatic rings. The van der Waals surface area contributed by atoms with E-state index < -0.39 is 11.8 Å².